The van der Waals surface area contributed by atoms with E-state index in [2.05, 4.69) is 46.3 Å². The van der Waals surface area contributed by atoms with Crippen LogP contribution in [-0.4, -0.2) is 31.1 Å². The molecule has 0 radical (unpaired) electrons. The fourth-order valence-corrected chi connectivity index (χ4v) is 4.97. The average molecular weight is 593 g/mol. The van der Waals surface area contributed by atoms with Crippen LogP contribution >= 0.6 is 0 Å². The molecule has 2 atom stereocenters. The van der Waals surface area contributed by atoms with Crippen LogP contribution in [0.4, 0.5) is 13.2 Å². The summed E-state index contributed by atoms with van der Waals surface area (Å²) in [5.41, 5.74) is -0.482. The quantitative estimate of drug-likeness (QED) is 0.218. The highest BCUT2D eigenvalue weighted by Crippen LogP contribution is 2.40. The van der Waals surface area contributed by atoms with Crippen LogP contribution in [-0.2, 0) is 9.53 Å². The number of rotatable bonds is 10. The second-order valence-corrected chi connectivity index (χ2v) is 13.7. The van der Waals surface area contributed by atoms with Gasteiger partial charge in [-0.2, -0.15) is 0 Å². The standard InChI is InChI=1S/C33H43F3O6/c1-20(18-32(8,9)42-29(37)25(31(5,6)7)19-30(2,3)4)39-23-12-11-21-15-27(40-26(21)17-23)24-14-13-22(38-10)16-28(24)41-33(34,35)36/h11-17,20,25H,18-19H2,1-10H3. The van der Waals surface area contributed by atoms with Crippen LogP contribution in [0.25, 0.3) is 22.3 Å². The Hall–Kier alpha value is -3.36. The van der Waals surface area contributed by atoms with Crippen molar-refractivity contribution in [3.05, 3.63) is 42.5 Å². The van der Waals surface area contributed by atoms with Crippen molar-refractivity contribution in [2.75, 3.05) is 7.11 Å². The molecule has 1 aromatic heterocycles. The molecule has 1 heterocycles. The first-order chi connectivity index (χ1) is 19.2. The number of alkyl halides is 3. The van der Waals surface area contributed by atoms with Crippen LogP contribution in [0.1, 0.15) is 75.2 Å². The van der Waals surface area contributed by atoms with Crippen LogP contribution in [0.2, 0.25) is 0 Å². The number of furan rings is 1. The first-order valence-corrected chi connectivity index (χ1v) is 14.0. The van der Waals surface area contributed by atoms with Crippen LogP contribution in [0.15, 0.2) is 46.9 Å². The van der Waals surface area contributed by atoms with E-state index in [4.69, 9.17) is 18.6 Å². The predicted octanol–water partition coefficient (Wildman–Crippen LogP) is 9.58. The fourth-order valence-electron chi connectivity index (χ4n) is 4.97. The van der Waals surface area contributed by atoms with Gasteiger partial charge < -0.3 is 23.4 Å². The highest BCUT2D eigenvalue weighted by molar-refractivity contribution is 5.85. The minimum Gasteiger partial charge on any atom is -0.497 e. The Balaban J connectivity index is 1.75. The highest BCUT2D eigenvalue weighted by atomic mass is 19.4. The Labute approximate surface area is 246 Å². The van der Waals surface area contributed by atoms with Crippen LogP contribution < -0.4 is 14.2 Å². The maximum atomic E-state index is 13.3. The molecule has 42 heavy (non-hydrogen) atoms. The molecule has 232 valence electrons. The van der Waals surface area contributed by atoms with E-state index in [9.17, 15) is 18.0 Å². The molecule has 6 nitrogen and oxygen atoms in total. The summed E-state index contributed by atoms with van der Waals surface area (Å²) in [4.78, 5) is 13.3. The van der Waals surface area contributed by atoms with Crippen LogP contribution in [0, 0.1) is 16.7 Å². The lowest BCUT2D eigenvalue weighted by Crippen LogP contribution is -2.40. The lowest BCUT2D eigenvalue weighted by atomic mass is 9.72. The monoisotopic (exact) mass is 592 g/mol. The van der Waals surface area contributed by atoms with E-state index in [0.29, 0.717) is 29.6 Å². The molecule has 9 heteroatoms. The van der Waals surface area contributed by atoms with Crippen molar-refractivity contribution in [3.63, 3.8) is 0 Å². The summed E-state index contributed by atoms with van der Waals surface area (Å²) in [7, 11) is 1.36. The summed E-state index contributed by atoms with van der Waals surface area (Å²) >= 11 is 0. The molecule has 0 saturated carbocycles. The van der Waals surface area contributed by atoms with Gasteiger partial charge in [-0.15, -0.1) is 13.2 Å². The van der Waals surface area contributed by atoms with Crippen molar-refractivity contribution >= 4 is 16.9 Å². The molecule has 0 spiro atoms. The van der Waals surface area contributed by atoms with Gasteiger partial charge in [0.15, 0.2) is 0 Å². The van der Waals surface area contributed by atoms with Crippen molar-refractivity contribution in [1.29, 1.82) is 0 Å². The molecule has 0 amide bonds. The minimum atomic E-state index is -4.88. The number of halogens is 3. The van der Waals surface area contributed by atoms with Crippen LogP contribution in [0.3, 0.4) is 0 Å². The second kappa shape index (κ2) is 12.1. The Kier molecular flexibility index (Phi) is 9.54. The van der Waals surface area contributed by atoms with Crippen molar-refractivity contribution in [2.45, 2.75) is 93.2 Å². The van der Waals surface area contributed by atoms with E-state index in [1.165, 1.54) is 19.2 Å². The number of fused-ring (bicyclic) bond motifs is 1. The SMILES string of the molecule is COc1ccc(-c2cc3ccc(OC(C)CC(C)(C)OC(=O)C(CC(C)(C)C)C(C)(C)C)cc3o2)c(OC(F)(F)F)c1. The third-order valence-electron chi connectivity index (χ3n) is 6.81. The van der Waals surface area contributed by atoms with Crippen LogP contribution in [0.5, 0.6) is 17.2 Å². The Bertz CT molecular complexity index is 1380. The lowest BCUT2D eigenvalue weighted by Gasteiger charge is -2.37. The van der Waals surface area contributed by atoms with Gasteiger partial charge in [0, 0.05) is 23.9 Å². The number of esters is 1. The summed E-state index contributed by atoms with van der Waals surface area (Å²) in [6, 6.07) is 11.0. The number of benzene rings is 2. The summed E-state index contributed by atoms with van der Waals surface area (Å²) in [6.45, 7) is 18.1. The minimum absolute atomic E-state index is 0.0256. The molecule has 0 aliphatic heterocycles. The molecule has 0 fully saturated rings. The van der Waals surface area contributed by atoms with E-state index < -0.39 is 17.7 Å². The summed E-state index contributed by atoms with van der Waals surface area (Å²) in [5, 5.41) is 0.681. The fraction of sp³-hybridized carbons (Fsp3) is 0.545. The summed E-state index contributed by atoms with van der Waals surface area (Å²) < 4.78 is 66.5. The highest BCUT2D eigenvalue weighted by Gasteiger charge is 2.39. The second-order valence-electron chi connectivity index (χ2n) is 13.7. The largest absolute Gasteiger partial charge is 0.573 e. The summed E-state index contributed by atoms with van der Waals surface area (Å²) in [5.74, 6) is 0.0333. The van der Waals surface area contributed by atoms with Crippen molar-refractivity contribution in [2.24, 2.45) is 16.7 Å². The number of carbonyl (C=O) groups excluding carboxylic acids is 1. The molecule has 2 unspecified atom stereocenters. The average Bonchev–Trinajstić information content (AvgIpc) is 3.22. The third-order valence-corrected chi connectivity index (χ3v) is 6.81. The molecule has 0 aliphatic carbocycles. The lowest BCUT2D eigenvalue weighted by molar-refractivity contribution is -0.274. The smallest absolute Gasteiger partial charge is 0.497 e. The maximum absolute atomic E-state index is 13.3. The zero-order valence-corrected chi connectivity index (χ0v) is 26.2. The molecule has 0 aliphatic rings. The van der Waals surface area contributed by atoms with E-state index in [0.717, 1.165) is 6.07 Å². The Morgan fingerprint density at radius 1 is 0.881 bits per heavy atom. The van der Waals surface area contributed by atoms with Gasteiger partial charge in [0.05, 0.1) is 24.7 Å². The zero-order valence-electron chi connectivity index (χ0n) is 26.2. The van der Waals surface area contributed by atoms with Gasteiger partial charge in [0.25, 0.3) is 0 Å². The van der Waals surface area contributed by atoms with E-state index >= 15 is 0 Å². The molecular weight excluding hydrogens is 549 g/mol. The van der Waals surface area contributed by atoms with Crippen molar-refractivity contribution in [3.8, 4) is 28.6 Å². The van der Waals surface area contributed by atoms with Gasteiger partial charge in [-0.05, 0) is 68.4 Å². The Morgan fingerprint density at radius 2 is 1.52 bits per heavy atom. The van der Waals surface area contributed by atoms with E-state index in [1.54, 1.807) is 24.3 Å². The van der Waals surface area contributed by atoms with Gasteiger partial charge in [0.2, 0.25) is 0 Å². The molecular formula is C33H43F3O6. The first-order valence-electron chi connectivity index (χ1n) is 14.0. The number of hydrogen-bond acceptors (Lipinski definition) is 6. The normalized spacial score (nSPS) is 14.4. The zero-order chi connectivity index (χ0) is 31.7. The number of hydrogen-bond donors (Lipinski definition) is 0. The number of ether oxygens (including phenoxy) is 4. The first kappa shape index (κ1) is 33.1. The molecule has 0 bridgehead atoms. The number of methoxy groups -OCH3 is 1. The molecule has 3 aromatic rings. The molecule has 0 saturated heterocycles. The van der Waals surface area contributed by atoms with Gasteiger partial charge in [-0.1, -0.05) is 41.5 Å². The van der Waals surface area contributed by atoms with Crippen molar-refractivity contribution < 1.29 is 41.3 Å². The Morgan fingerprint density at radius 3 is 2.10 bits per heavy atom. The number of carbonyl (C=O) groups is 1. The van der Waals surface area contributed by atoms with E-state index in [1.807, 2.05) is 20.8 Å². The topological polar surface area (TPSA) is 67.1 Å². The summed E-state index contributed by atoms with van der Waals surface area (Å²) in [6.07, 6.45) is -4.05. The van der Waals surface area contributed by atoms with Gasteiger partial charge in [-0.25, -0.2) is 0 Å². The third kappa shape index (κ3) is 9.33. The molecule has 2 aromatic carbocycles. The molecule has 3 rings (SSSR count). The van der Waals surface area contributed by atoms with Crippen molar-refractivity contribution in [1.82, 2.24) is 0 Å². The van der Waals surface area contributed by atoms with E-state index in [-0.39, 0.29) is 45.9 Å². The predicted molar refractivity (Wildman–Crippen MR) is 157 cm³/mol. The molecule has 0 N–H and O–H groups in total. The van der Waals surface area contributed by atoms with Gasteiger partial charge in [0.1, 0.15) is 34.2 Å². The maximum Gasteiger partial charge on any atom is 0.573 e. The van der Waals surface area contributed by atoms with Gasteiger partial charge in [-0.3, -0.25) is 4.79 Å². The van der Waals surface area contributed by atoms with Gasteiger partial charge >= 0.3 is 12.3 Å².